The summed E-state index contributed by atoms with van der Waals surface area (Å²) in [5.41, 5.74) is 1.74. The number of rotatable bonds is 4. The lowest BCUT2D eigenvalue weighted by Gasteiger charge is -2.19. The number of amides is 3. The van der Waals surface area contributed by atoms with Crippen molar-refractivity contribution in [3.63, 3.8) is 0 Å². The Morgan fingerprint density at radius 3 is 1.86 bits per heavy atom. The minimum atomic E-state index is -0.585. The molecule has 0 spiro atoms. The van der Waals surface area contributed by atoms with E-state index in [-0.39, 0.29) is 11.8 Å². The molecule has 0 unspecified atom stereocenters. The van der Waals surface area contributed by atoms with Crippen LogP contribution < -0.4 is 15.5 Å². The Kier molecular flexibility index (Phi) is 6.41. The van der Waals surface area contributed by atoms with Crippen LogP contribution in [-0.2, 0) is 9.53 Å². The van der Waals surface area contributed by atoms with E-state index in [9.17, 15) is 14.4 Å². The number of benzene rings is 2. The third-order valence-electron chi connectivity index (χ3n) is 3.78. The maximum atomic E-state index is 12.4. The number of hydrogen-bond acceptors (Lipinski definition) is 4. The van der Waals surface area contributed by atoms with Gasteiger partial charge >= 0.3 is 6.09 Å². The summed E-state index contributed by atoms with van der Waals surface area (Å²) in [4.78, 5) is 37.0. The molecule has 0 aromatic heterocycles. The van der Waals surface area contributed by atoms with Crippen molar-refractivity contribution in [1.29, 1.82) is 0 Å². The fourth-order valence-electron chi connectivity index (χ4n) is 2.28. The molecule has 2 aromatic rings. The lowest BCUT2D eigenvalue weighted by atomic mass is 10.2. The topological polar surface area (TPSA) is 87.7 Å². The largest absolute Gasteiger partial charge is 0.444 e. The molecule has 7 heteroatoms. The van der Waals surface area contributed by atoms with Crippen LogP contribution >= 0.6 is 0 Å². The molecule has 2 rings (SSSR count). The quantitative estimate of drug-likeness (QED) is 0.825. The highest BCUT2D eigenvalue weighted by Crippen LogP contribution is 2.18. The van der Waals surface area contributed by atoms with E-state index in [0.717, 1.165) is 5.69 Å². The summed E-state index contributed by atoms with van der Waals surface area (Å²) in [6.07, 6.45) is -0.555. The molecule has 0 atom stereocenters. The molecule has 28 heavy (non-hydrogen) atoms. The SMILES string of the molecule is CC(=O)N(C)c1ccc(NC(=O)c2ccc(NC(=O)OC(C)(C)C)cc2)cc1. The second kappa shape index (κ2) is 8.56. The summed E-state index contributed by atoms with van der Waals surface area (Å²) in [5.74, 6) is -0.353. The summed E-state index contributed by atoms with van der Waals surface area (Å²) in [7, 11) is 1.68. The number of nitrogens with zero attached hydrogens (tertiary/aromatic N) is 1. The van der Waals surface area contributed by atoms with Crippen molar-refractivity contribution in [2.24, 2.45) is 0 Å². The number of carbonyl (C=O) groups is 3. The zero-order valence-electron chi connectivity index (χ0n) is 16.7. The first-order valence-corrected chi connectivity index (χ1v) is 8.81. The van der Waals surface area contributed by atoms with Gasteiger partial charge in [0.25, 0.3) is 5.91 Å². The van der Waals surface area contributed by atoms with E-state index in [1.807, 2.05) is 0 Å². The van der Waals surface area contributed by atoms with E-state index in [4.69, 9.17) is 4.74 Å². The van der Waals surface area contributed by atoms with Gasteiger partial charge in [-0.2, -0.15) is 0 Å². The lowest BCUT2D eigenvalue weighted by Crippen LogP contribution is -2.27. The summed E-state index contributed by atoms with van der Waals surface area (Å²) in [5, 5.41) is 5.41. The van der Waals surface area contributed by atoms with Crippen LogP contribution in [0.4, 0.5) is 21.9 Å². The van der Waals surface area contributed by atoms with Gasteiger partial charge in [-0.25, -0.2) is 4.79 Å². The fourth-order valence-corrected chi connectivity index (χ4v) is 2.28. The number of ether oxygens (including phenoxy) is 1. The Balaban J connectivity index is 1.97. The van der Waals surface area contributed by atoms with Gasteiger partial charge in [0.1, 0.15) is 5.60 Å². The average molecular weight is 383 g/mol. The van der Waals surface area contributed by atoms with Crippen LogP contribution in [0.1, 0.15) is 38.1 Å². The number of nitrogens with one attached hydrogen (secondary N) is 2. The lowest BCUT2D eigenvalue weighted by molar-refractivity contribution is -0.116. The molecule has 2 N–H and O–H groups in total. The molecule has 0 saturated carbocycles. The van der Waals surface area contributed by atoms with Crippen molar-refractivity contribution < 1.29 is 19.1 Å². The van der Waals surface area contributed by atoms with E-state index in [1.54, 1.807) is 76.3 Å². The van der Waals surface area contributed by atoms with Gasteiger partial charge in [0.2, 0.25) is 5.91 Å². The number of anilines is 3. The Morgan fingerprint density at radius 1 is 0.857 bits per heavy atom. The maximum Gasteiger partial charge on any atom is 0.412 e. The van der Waals surface area contributed by atoms with Crippen molar-refractivity contribution in [1.82, 2.24) is 0 Å². The Labute approximate surface area is 164 Å². The van der Waals surface area contributed by atoms with Gasteiger partial charge < -0.3 is 15.0 Å². The van der Waals surface area contributed by atoms with Crippen molar-refractivity contribution >= 4 is 35.0 Å². The molecule has 0 aliphatic carbocycles. The first kappa shape index (κ1) is 21.0. The molecule has 2 aromatic carbocycles. The van der Waals surface area contributed by atoms with Crippen LogP contribution in [-0.4, -0.2) is 30.6 Å². The standard InChI is InChI=1S/C21H25N3O4/c1-14(25)24(5)18-12-10-16(11-13-18)22-19(26)15-6-8-17(9-7-15)23-20(27)28-21(2,3)4/h6-13H,1-5H3,(H,22,26)(H,23,27). The second-order valence-electron chi connectivity index (χ2n) is 7.28. The van der Waals surface area contributed by atoms with Crippen LogP contribution in [0.3, 0.4) is 0 Å². The third kappa shape index (κ3) is 6.12. The molecule has 0 aliphatic heterocycles. The van der Waals surface area contributed by atoms with E-state index in [2.05, 4.69) is 10.6 Å². The smallest absolute Gasteiger partial charge is 0.412 e. The first-order chi connectivity index (χ1) is 13.0. The molecule has 0 fully saturated rings. The highest BCUT2D eigenvalue weighted by Gasteiger charge is 2.16. The van der Waals surface area contributed by atoms with Crippen LogP contribution in [0.2, 0.25) is 0 Å². The van der Waals surface area contributed by atoms with Gasteiger partial charge in [0, 0.05) is 36.6 Å². The third-order valence-corrected chi connectivity index (χ3v) is 3.78. The highest BCUT2D eigenvalue weighted by atomic mass is 16.6. The second-order valence-corrected chi connectivity index (χ2v) is 7.28. The molecule has 0 saturated heterocycles. The maximum absolute atomic E-state index is 12.4. The van der Waals surface area contributed by atoms with Crippen molar-refractivity contribution in [3.05, 3.63) is 54.1 Å². The van der Waals surface area contributed by atoms with Crippen LogP contribution in [0.15, 0.2) is 48.5 Å². The molecule has 0 aliphatic rings. The van der Waals surface area contributed by atoms with Gasteiger partial charge in [-0.15, -0.1) is 0 Å². The number of carbonyl (C=O) groups excluding carboxylic acids is 3. The summed E-state index contributed by atoms with van der Waals surface area (Å²) >= 11 is 0. The van der Waals surface area contributed by atoms with Crippen LogP contribution in [0.25, 0.3) is 0 Å². The van der Waals surface area contributed by atoms with Crippen molar-refractivity contribution in [3.8, 4) is 0 Å². The molecule has 7 nitrogen and oxygen atoms in total. The van der Waals surface area contributed by atoms with Gasteiger partial charge in [0.15, 0.2) is 0 Å². The van der Waals surface area contributed by atoms with Crippen molar-refractivity contribution in [2.45, 2.75) is 33.3 Å². The molecular formula is C21H25N3O4. The summed E-state index contributed by atoms with van der Waals surface area (Å²) < 4.78 is 5.19. The minimum Gasteiger partial charge on any atom is -0.444 e. The molecule has 0 heterocycles. The minimum absolute atomic E-state index is 0.0723. The van der Waals surface area contributed by atoms with E-state index < -0.39 is 11.7 Å². The van der Waals surface area contributed by atoms with Crippen molar-refractivity contribution in [2.75, 3.05) is 22.6 Å². The summed E-state index contributed by atoms with van der Waals surface area (Å²) in [6, 6.07) is 13.4. The predicted octanol–water partition coefficient (Wildman–Crippen LogP) is 4.27. The zero-order chi connectivity index (χ0) is 20.9. The predicted molar refractivity (Wildman–Crippen MR) is 110 cm³/mol. The highest BCUT2D eigenvalue weighted by molar-refractivity contribution is 6.04. The Bertz CT molecular complexity index is 853. The van der Waals surface area contributed by atoms with Gasteiger partial charge in [-0.05, 0) is 69.3 Å². The number of hydrogen-bond donors (Lipinski definition) is 2. The fraction of sp³-hybridized carbons (Fsp3) is 0.286. The molecular weight excluding hydrogens is 358 g/mol. The van der Waals surface area contributed by atoms with E-state index in [1.165, 1.54) is 11.8 Å². The molecule has 0 bridgehead atoms. The van der Waals surface area contributed by atoms with Gasteiger partial charge in [0.05, 0.1) is 0 Å². The normalized spacial score (nSPS) is 10.8. The van der Waals surface area contributed by atoms with E-state index >= 15 is 0 Å². The van der Waals surface area contributed by atoms with Crippen LogP contribution in [0, 0.1) is 0 Å². The molecule has 0 radical (unpaired) electrons. The van der Waals surface area contributed by atoms with E-state index in [0.29, 0.717) is 16.9 Å². The first-order valence-electron chi connectivity index (χ1n) is 8.81. The van der Waals surface area contributed by atoms with Gasteiger partial charge in [-0.1, -0.05) is 0 Å². The Morgan fingerprint density at radius 2 is 1.36 bits per heavy atom. The van der Waals surface area contributed by atoms with Crippen LogP contribution in [0.5, 0.6) is 0 Å². The van der Waals surface area contributed by atoms with Gasteiger partial charge in [-0.3, -0.25) is 14.9 Å². The average Bonchev–Trinajstić information content (AvgIpc) is 2.60. The molecule has 148 valence electrons. The zero-order valence-corrected chi connectivity index (χ0v) is 16.7. The summed E-state index contributed by atoms with van der Waals surface area (Å²) in [6.45, 7) is 6.83. The Hall–Kier alpha value is -3.35. The molecule has 3 amide bonds. The monoisotopic (exact) mass is 383 g/mol.